The van der Waals surface area contributed by atoms with Gasteiger partial charge in [-0.15, -0.1) is 0 Å². The zero-order valence-electron chi connectivity index (χ0n) is 8.94. The predicted octanol–water partition coefficient (Wildman–Crippen LogP) is -5.74. The third-order valence-corrected chi connectivity index (χ3v) is 1.25. The molecule has 0 aliphatic rings. The third-order valence-electron chi connectivity index (χ3n) is 0.924. The Morgan fingerprint density at radius 3 is 2.75 bits per heavy atom. The fraction of sp³-hybridized carbons (Fsp3) is 0.250. The number of carboxylic acid groups (broad SMARTS) is 1. The maximum absolute atomic E-state index is 10.1. The molecule has 0 saturated heterocycles. The first-order chi connectivity index (χ1) is 4.70. The van der Waals surface area contributed by atoms with Crippen molar-refractivity contribution in [2.75, 3.05) is 0 Å². The average Bonchev–Trinajstić information content (AvgIpc) is 2.15. The van der Waals surface area contributed by atoms with Crippen LogP contribution >= 0.6 is 12.2 Å². The van der Waals surface area contributed by atoms with Gasteiger partial charge in [0.1, 0.15) is 12.9 Å². The van der Waals surface area contributed by atoms with Crippen LogP contribution < -0.4 is 59.1 Å². The largest absolute Gasteiger partial charge is 1.00 e. The summed E-state index contributed by atoms with van der Waals surface area (Å²) in [6, 6.07) is 0. The van der Waals surface area contributed by atoms with Crippen LogP contribution in [0.4, 0.5) is 0 Å². The predicted molar refractivity (Wildman–Crippen MR) is 37.3 cm³/mol. The first kappa shape index (κ1) is 15.3. The second kappa shape index (κ2) is 7.25. The van der Waals surface area contributed by atoms with Gasteiger partial charge in [0, 0.05) is 0 Å². The van der Waals surface area contributed by atoms with Gasteiger partial charge in [0.2, 0.25) is 0 Å². The normalized spacial score (nSPS) is 8.00. The maximum Gasteiger partial charge on any atom is 1.00 e. The number of aromatic amines is 1. The quantitative estimate of drug-likeness (QED) is 0.374. The molecule has 0 fully saturated rings. The SMILES string of the molecule is O=C(O)Cn1cn[nH]c1=S.[H-].[H-].[Na+].[Na+]. The van der Waals surface area contributed by atoms with Crippen molar-refractivity contribution in [3.8, 4) is 0 Å². The molecule has 12 heavy (non-hydrogen) atoms. The van der Waals surface area contributed by atoms with Crippen LogP contribution in [-0.2, 0) is 11.3 Å². The molecule has 0 aromatic carbocycles. The fourth-order valence-electron chi connectivity index (χ4n) is 0.529. The van der Waals surface area contributed by atoms with E-state index in [2.05, 4.69) is 22.4 Å². The molecule has 58 valence electrons. The number of hydrogen-bond acceptors (Lipinski definition) is 3. The molecule has 1 aromatic rings. The molecule has 2 N–H and O–H groups in total. The van der Waals surface area contributed by atoms with Gasteiger partial charge in [-0.2, -0.15) is 5.10 Å². The van der Waals surface area contributed by atoms with Gasteiger partial charge in [-0.3, -0.25) is 14.5 Å². The molecule has 0 atom stereocenters. The van der Waals surface area contributed by atoms with Gasteiger partial charge in [-0.25, -0.2) is 0 Å². The van der Waals surface area contributed by atoms with E-state index in [1.165, 1.54) is 10.9 Å². The van der Waals surface area contributed by atoms with E-state index in [0.29, 0.717) is 4.77 Å². The van der Waals surface area contributed by atoms with E-state index in [1.54, 1.807) is 0 Å². The number of aliphatic carboxylic acids is 1. The van der Waals surface area contributed by atoms with E-state index in [0.717, 1.165) is 0 Å². The number of aromatic nitrogens is 3. The molecule has 0 amide bonds. The number of rotatable bonds is 2. The summed E-state index contributed by atoms with van der Waals surface area (Å²) in [6.07, 6.45) is 1.34. The minimum Gasteiger partial charge on any atom is -1.00 e. The number of nitrogens with zero attached hydrogens (tertiary/aromatic N) is 2. The molecule has 0 saturated carbocycles. The standard InChI is InChI=1S/C4H5N3O2S.2Na.2H/c8-3(9)1-7-2-5-6-4(7)10;;;;/h2H,1H2,(H,6,10)(H,8,9);;;;/q;2*+1;2*-1. The van der Waals surface area contributed by atoms with Crippen LogP contribution in [0.25, 0.3) is 0 Å². The number of carbonyl (C=O) groups is 1. The molecule has 0 radical (unpaired) electrons. The van der Waals surface area contributed by atoms with Crippen LogP contribution in [0.2, 0.25) is 0 Å². The number of H-pyrrole nitrogens is 1. The van der Waals surface area contributed by atoms with Crippen LogP contribution in [0.3, 0.4) is 0 Å². The maximum atomic E-state index is 10.1. The topological polar surface area (TPSA) is 70.9 Å². The van der Waals surface area contributed by atoms with Gasteiger partial charge < -0.3 is 7.96 Å². The average molecular weight is 207 g/mol. The summed E-state index contributed by atoms with van der Waals surface area (Å²) in [7, 11) is 0. The van der Waals surface area contributed by atoms with E-state index in [1.807, 2.05) is 0 Å². The minimum atomic E-state index is -0.933. The molecule has 8 heteroatoms. The summed E-state index contributed by atoms with van der Waals surface area (Å²) in [5.41, 5.74) is 0. The Morgan fingerprint density at radius 1 is 1.83 bits per heavy atom. The molecule has 1 aromatic heterocycles. The Morgan fingerprint density at radius 2 is 2.42 bits per heavy atom. The Bertz CT molecular complexity index is 305. The number of nitrogens with one attached hydrogen (secondary N) is 1. The third kappa shape index (κ3) is 4.76. The van der Waals surface area contributed by atoms with E-state index < -0.39 is 5.97 Å². The van der Waals surface area contributed by atoms with Gasteiger partial charge in [-0.05, 0) is 12.2 Å². The number of hydrogen-bond donors (Lipinski definition) is 2. The van der Waals surface area contributed by atoms with Gasteiger partial charge in [0.15, 0.2) is 4.77 Å². The summed E-state index contributed by atoms with van der Waals surface area (Å²) < 4.78 is 1.65. The van der Waals surface area contributed by atoms with E-state index in [4.69, 9.17) is 5.11 Å². The van der Waals surface area contributed by atoms with Crippen molar-refractivity contribution in [3.63, 3.8) is 0 Å². The molecule has 0 unspecified atom stereocenters. The molecule has 0 aliphatic heterocycles. The molecular formula is C4H7N3Na2O2S. The first-order valence-electron chi connectivity index (χ1n) is 2.52. The molecule has 0 aliphatic carbocycles. The smallest absolute Gasteiger partial charge is 1.00 e. The second-order valence-electron chi connectivity index (χ2n) is 1.68. The zero-order chi connectivity index (χ0) is 7.56. The Labute approximate surface area is 121 Å². The molecular weight excluding hydrogens is 200 g/mol. The van der Waals surface area contributed by atoms with Crippen LogP contribution in [0, 0.1) is 4.77 Å². The van der Waals surface area contributed by atoms with E-state index in [9.17, 15) is 4.79 Å². The van der Waals surface area contributed by atoms with Crippen LogP contribution in [0.15, 0.2) is 6.33 Å². The summed E-state index contributed by atoms with van der Waals surface area (Å²) in [5.74, 6) is -0.933. The van der Waals surface area contributed by atoms with Gasteiger partial charge in [0.25, 0.3) is 0 Å². The van der Waals surface area contributed by atoms with E-state index in [-0.39, 0.29) is 68.5 Å². The summed E-state index contributed by atoms with van der Waals surface area (Å²) in [6.45, 7) is -0.144. The second-order valence-corrected chi connectivity index (χ2v) is 2.07. The molecule has 0 bridgehead atoms. The van der Waals surface area contributed by atoms with Crippen molar-refractivity contribution in [2.24, 2.45) is 0 Å². The van der Waals surface area contributed by atoms with Crippen molar-refractivity contribution < 1.29 is 71.9 Å². The van der Waals surface area contributed by atoms with Crippen LogP contribution in [0.1, 0.15) is 2.85 Å². The van der Waals surface area contributed by atoms with Gasteiger partial charge in [0.05, 0.1) is 0 Å². The van der Waals surface area contributed by atoms with Gasteiger partial charge in [-0.1, -0.05) is 0 Å². The van der Waals surface area contributed by atoms with Crippen molar-refractivity contribution in [1.29, 1.82) is 0 Å². The molecule has 1 rings (SSSR count). The molecule has 5 nitrogen and oxygen atoms in total. The molecule has 0 spiro atoms. The summed E-state index contributed by atoms with van der Waals surface area (Å²) >= 11 is 4.69. The summed E-state index contributed by atoms with van der Waals surface area (Å²) in [5, 5.41) is 14.3. The number of carboxylic acids is 1. The molecule has 1 heterocycles. The van der Waals surface area contributed by atoms with Crippen molar-refractivity contribution in [2.45, 2.75) is 6.54 Å². The van der Waals surface area contributed by atoms with Crippen molar-refractivity contribution in [3.05, 3.63) is 11.1 Å². The fourth-order valence-corrected chi connectivity index (χ4v) is 0.693. The minimum absolute atomic E-state index is 0. The van der Waals surface area contributed by atoms with E-state index >= 15 is 0 Å². The zero-order valence-corrected chi connectivity index (χ0v) is 11.8. The van der Waals surface area contributed by atoms with Crippen LogP contribution in [0.5, 0.6) is 0 Å². The Hall–Kier alpha value is 0.830. The first-order valence-corrected chi connectivity index (χ1v) is 2.92. The monoisotopic (exact) mass is 207 g/mol. The van der Waals surface area contributed by atoms with Crippen molar-refractivity contribution >= 4 is 18.2 Å². The summed E-state index contributed by atoms with van der Waals surface area (Å²) in [4.78, 5) is 10.1. The van der Waals surface area contributed by atoms with Crippen molar-refractivity contribution in [1.82, 2.24) is 14.8 Å². The Kier molecular flexibility index (Phi) is 9.25. The van der Waals surface area contributed by atoms with Crippen LogP contribution in [-0.4, -0.2) is 25.8 Å². The Balaban J connectivity index is -0.000000125. The van der Waals surface area contributed by atoms with Gasteiger partial charge >= 0.3 is 65.1 Å².